The number of benzene rings is 2. The third-order valence-electron chi connectivity index (χ3n) is 5.14. The van der Waals surface area contributed by atoms with Crippen LogP contribution in [0.3, 0.4) is 0 Å². The molecule has 0 saturated heterocycles. The Hall–Kier alpha value is -3.55. The molecule has 0 aromatic heterocycles. The van der Waals surface area contributed by atoms with Crippen LogP contribution in [0.15, 0.2) is 42.5 Å². The number of esters is 1. The summed E-state index contributed by atoms with van der Waals surface area (Å²) >= 11 is 0. The maximum atomic E-state index is 13.4. The minimum atomic E-state index is -1.18. The van der Waals surface area contributed by atoms with Crippen LogP contribution < -0.4 is 0 Å². The van der Waals surface area contributed by atoms with E-state index in [1.165, 1.54) is 24.0 Å². The number of likely N-dealkylation sites (N-methyl/N-ethyl adjacent to an activating group) is 1. The summed E-state index contributed by atoms with van der Waals surface area (Å²) in [4.78, 5) is 52.4. The number of rotatable bonds is 7. The lowest BCUT2D eigenvalue weighted by Gasteiger charge is -2.23. The minimum Gasteiger partial charge on any atom is -0.454 e. The quantitative estimate of drug-likeness (QED) is 0.502. The van der Waals surface area contributed by atoms with Gasteiger partial charge in [0, 0.05) is 13.1 Å². The van der Waals surface area contributed by atoms with Gasteiger partial charge in [-0.15, -0.1) is 0 Å². The van der Waals surface area contributed by atoms with Crippen molar-refractivity contribution in [3.05, 3.63) is 70.5 Å². The van der Waals surface area contributed by atoms with E-state index in [4.69, 9.17) is 4.74 Å². The van der Waals surface area contributed by atoms with Gasteiger partial charge in [-0.1, -0.05) is 23.8 Å². The molecule has 2 aromatic rings. The number of hydrogen-bond donors (Lipinski definition) is 0. The second kappa shape index (κ2) is 9.07. The van der Waals surface area contributed by atoms with E-state index < -0.39 is 42.2 Å². The number of aryl methyl sites for hydroxylation is 1. The first-order valence-corrected chi connectivity index (χ1v) is 9.90. The lowest BCUT2D eigenvalue weighted by Crippen LogP contribution is -2.44. The molecule has 0 N–H and O–H groups in total. The summed E-state index contributed by atoms with van der Waals surface area (Å²) in [7, 11) is 0. The van der Waals surface area contributed by atoms with Gasteiger partial charge in [0.2, 0.25) is 0 Å². The molecule has 0 aliphatic carbocycles. The number of nitrogens with zero attached hydrogens (tertiary/aromatic N) is 2. The van der Waals surface area contributed by atoms with Crippen molar-refractivity contribution in [2.24, 2.45) is 0 Å². The Labute approximate surface area is 179 Å². The van der Waals surface area contributed by atoms with Gasteiger partial charge in [-0.05, 0) is 50.6 Å². The van der Waals surface area contributed by atoms with Crippen LogP contribution in [0.4, 0.5) is 4.39 Å². The minimum absolute atomic E-state index is 0.165. The normalized spacial score (nSPS) is 13.7. The predicted octanol–water partition coefficient (Wildman–Crippen LogP) is 2.71. The lowest BCUT2D eigenvalue weighted by molar-refractivity contribution is -0.155. The monoisotopic (exact) mass is 426 g/mol. The molecule has 8 heteroatoms. The molecule has 1 heterocycles. The third kappa shape index (κ3) is 4.63. The summed E-state index contributed by atoms with van der Waals surface area (Å²) in [6, 6.07) is 9.57. The number of imide groups is 1. The Morgan fingerprint density at radius 3 is 2.48 bits per heavy atom. The fourth-order valence-electron chi connectivity index (χ4n) is 3.41. The largest absolute Gasteiger partial charge is 0.454 e. The van der Waals surface area contributed by atoms with Gasteiger partial charge in [-0.2, -0.15) is 0 Å². The van der Waals surface area contributed by atoms with Crippen LogP contribution in [0.25, 0.3) is 0 Å². The highest BCUT2D eigenvalue weighted by Gasteiger charge is 2.41. The molecule has 0 bridgehead atoms. The zero-order chi connectivity index (χ0) is 22.7. The van der Waals surface area contributed by atoms with Gasteiger partial charge in [-0.25, -0.2) is 9.18 Å². The predicted molar refractivity (Wildman–Crippen MR) is 110 cm³/mol. The number of carbonyl (C=O) groups excluding carboxylic acids is 4. The molecule has 1 aliphatic heterocycles. The van der Waals surface area contributed by atoms with Crippen LogP contribution >= 0.6 is 0 Å². The molecule has 0 fully saturated rings. The van der Waals surface area contributed by atoms with Gasteiger partial charge in [-0.3, -0.25) is 19.3 Å². The lowest BCUT2D eigenvalue weighted by atomic mass is 10.1. The molecule has 0 spiro atoms. The van der Waals surface area contributed by atoms with Gasteiger partial charge in [0.05, 0.1) is 11.1 Å². The van der Waals surface area contributed by atoms with Crippen molar-refractivity contribution in [2.45, 2.75) is 33.4 Å². The van der Waals surface area contributed by atoms with Gasteiger partial charge in [0.25, 0.3) is 17.7 Å². The highest BCUT2D eigenvalue weighted by atomic mass is 19.1. The van der Waals surface area contributed by atoms with E-state index in [1.54, 1.807) is 44.2 Å². The van der Waals surface area contributed by atoms with Crippen LogP contribution in [0, 0.1) is 12.7 Å². The van der Waals surface area contributed by atoms with Crippen molar-refractivity contribution >= 4 is 23.7 Å². The van der Waals surface area contributed by atoms with E-state index >= 15 is 0 Å². The third-order valence-corrected chi connectivity index (χ3v) is 5.14. The number of fused-ring (bicyclic) bond motifs is 1. The van der Waals surface area contributed by atoms with E-state index in [-0.39, 0.29) is 17.7 Å². The van der Waals surface area contributed by atoms with Gasteiger partial charge in [0.1, 0.15) is 11.9 Å². The van der Waals surface area contributed by atoms with E-state index in [2.05, 4.69) is 0 Å². The Bertz CT molecular complexity index is 1050. The first kappa shape index (κ1) is 22.1. The summed E-state index contributed by atoms with van der Waals surface area (Å²) in [6.45, 7) is 4.88. The molecule has 31 heavy (non-hydrogen) atoms. The molecule has 3 rings (SSSR count). The molecule has 1 unspecified atom stereocenters. The van der Waals surface area contributed by atoms with Crippen molar-refractivity contribution in [3.63, 3.8) is 0 Å². The Kier molecular flexibility index (Phi) is 6.48. The van der Waals surface area contributed by atoms with Crippen LogP contribution in [-0.2, 0) is 20.9 Å². The van der Waals surface area contributed by atoms with Gasteiger partial charge < -0.3 is 9.64 Å². The Morgan fingerprint density at radius 1 is 1.10 bits per heavy atom. The SMILES string of the molecule is CCN(Cc1cccc(F)c1)C(=O)COC(=O)C(C)N1C(=O)c2ccc(C)cc2C1=O. The number of carbonyl (C=O) groups is 4. The average Bonchev–Trinajstić information content (AvgIpc) is 2.99. The standard InChI is InChI=1S/C23H23FN2O5/c1-4-25(12-16-6-5-7-17(24)11-16)20(27)13-31-23(30)15(3)26-21(28)18-9-8-14(2)10-19(18)22(26)29/h5-11,15H,4,12-13H2,1-3H3. The van der Waals surface area contributed by atoms with Crippen molar-refractivity contribution in [1.29, 1.82) is 0 Å². The van der Waals surface area contributed by atoms with Crippen molar-refractivity contribution < 1.29 is 28.3 Å². The Morgan fingerprint density at radius 2 is 1.81 bits per heavy atom. The fraction of sp³-hybridized carbons (Fsp3) is 0.304. The molecular weight excluding hydrogens is 403 g/mol. The number of ether oxygens (including phenoxy) is 1. The van der Waals surface area contributed by atoms with E-state index in [0.29, 0.717) is 12.1 Å². The van der Waals surface area contributed by atoms with Gasteiger partial charge in [0.15, 0.2) is 6.61 Å². The van der Waals surface area contributed by atoms with Gasteiger partial charge >= 0.3 is 5.97 Å². The van der Waals surface area contributed by atoms with E-state index in [0.717, 1.165) is 10.5 Å². The first-order valence-electron chi connectivity index (χ1n) is 9.90. The molecule has 2 aromatic carbocycles. The smallest absolute Gasteiger partial charge is 0.329 e. The number of amides is 3. The molecule has 162 valence electrons. The van der Waals surface area contributed by atoms with E-state index in [1.807, 2.05) is 0 Å². The maximum absolute atomic E-state index is 13.4. The molecule has 7 nitrogen and oxygen atoms in total. The van der Waals surface area contributed by atoms with Crippen LogP contribution in [-0.4, -0.2) is 52.7 Å². The molecule has 0 radical (unpaired) electrons. The highest BCUT2D eigenvalue weighted by Crippen LogP contribution is 2.26. The molecule has 1 atom stereocenters. The second-order valence-electron chi connectivity index (χ2n) is 7.35. The van der Waals surface area contributed by atoms with Crippen molar-refractivity contribution in [1.82, 2.24) is 9.80 Å². The topological polar surface area (TPSA) is 84.0 Å². The average molecular weight is 426 g/mol. The van der Waals surface area contributed by atoms with Crippen molar-refractivity contribution in [2.75, 3.05) is 13.2 Å². The second-order valence-corrected chi connectivity index (χ2v) is 7.35. The summed E-state index contributed by atoms with van der Waals surface area (Å²) in [5, 5.41) is 0. The number of halogens is 1. The number of hydrogen-bond acceptors (Lipinski definition) is 5. The zero-order valence-electron chi connectivity index (χ0n) is 17.6. The summed E-state index contributed by atoms with van der Waals surface area (Å²) in [6.07, 6.45) is 0. The Balaban J connectivity index is 1.61. The summed E-state index contributed by atoms with van der Waals surface area (Å²) in [5.74, 6) is -2.87. The zero-order valence-corrected chi connectivity index (χ0v) is 17.6. The molecule has 1 aliphatic rings. The first-order chi connectivity index (χ1) is 14.7. The van der Waals surface area contributed by atoms with Crippen LogP contribution in [0.1, 0.15) is 45.7 Å². The van der Waals surface area contributed by atoms with Crippen LogP contribution in [0.5, 0.6) is 0 Å². The molecule has 3 amide bonds. The highest BCUT2D eigenvalue weighted by molar-refractivity contribution is 6.22. The summed E-state index contributed by atoms with van der Waals surface area (Å²) in [5.41, 5.74) is 1.91. The van der Waals surface area contributed by atoms with E-state index in [9.17, 15) is 23.6 Å². The van der Waals surface area contributed by atoms with Crippen LogP contribution in [0.2, 0.25) is 0 Å². The summed E-state index contributed by atoms with van der Waals surface area (Å²) < 4.78 is 18.5. The van der Waals surface area contributed by atoms with Crippen molar-refractivity contribution in [3.8, 4) is 0 Å². The maximum Gasteiger partial charge on any atom is 0.329 e. The fourth-order valence-corrected chi connectivity index (χ4v) is 3.41. The molecular formula is C23H23FN2O5. The molecule has 0 saturated carbocycles.